The van der Waals surface area contributed by atoms with E-state index in [1.807, 2.05) is 66.7 Å². The van der Waals surface area contributed by atoms with E-state index in [0.717, 1.165) is 77.4 Å². The fraction of sp³-hybridized carbons (Fsp3) is 0.0250. The number of hydrogen-bond acceptors (Lipinski definition) is 6. The minimum absolute atomic E-state index is 0.499. The number of hydrogen-bond donors (Lipinski definition) is 0. The van der Waals surface area contributed by atoms with Gasteiger partial charge in [0.25, 0.3) is 0 Å². The lowest BCUT2D eigenvalue weighted by Gasteiger charge is -2.02. The van der Waals surface area contributed by atoms with Crippen molar-refractivity contribution in [3.63, 3.8) is 0 Å². The summed E-state index contributed by atoms with van der Waals surface area (Å²) in [5.74, 6) is 1.12. The normalized spacial score (nSPS) is 11.9. The van der Waals surface area contributed by atoms with Gasteiger partial charge in [-0.1, -0.05) is 60.2 Å². The summed E-state index contributed by atoms with van der Waals surface area (Å²) in [5.41, 5.74) is 11.7. The third-order valence-electron chi connectivity index (χ3n) is 8.80. The largest absolute Gasteiger partial charge is 0.436 e. The first kappa shape index (κ1) is 25.8. The average Bonchev–Trinajstić information content (AvgIpc) is 3.89. The summed E-state index contributed by atoms with van der Waals surface area (Å²) in [6.45, 7) is 2.09. The van der Waals surface area contributed by atoms with Crippen LogP contribution in [0.2, 0.25) is 0 Å². The van der Waals surface area contributed by atoms with Gasteiger partial charge in [-0.15, -0.1) is 0 Å². The Labute approximate surface area is 267 Å². The molecule has 0 spiro atoms. The molecule has 10 aromatic rings. The monoisotopic (exact) mass is 608 g/mol. The maximum Gasteiger partial charge on any atom is 0.307 e. The number of oxazole rings is 3. The van der Waals surface area contributed by atoms with Crippen molar-refractivity contribution >= 4 is 55.1 Å². The molecule has 7 heteroatoms. The molecule has 0 saturated heterocycles. The molecular weight excluding hydrogens is 584 g/mol. The van der Waals surface area contributed by atoms with E-state index in [-0.39, 0.29) is 0 Å². The molecule has 0 amide bonds. The maximum atomic E-state index is 6.39. The van der Waals surface area contributed by atoms with Gasteiger partial charge in [0.15, 0.2) is 16.7 Å². The summed E-state index contributed by atoms with van der Waals surface area (Å²) in [4.78, 5) is 14.5. The zero-order valence-corrected chi connectivity index (χ0v) is 25.1. The van der Waals surface area contributed by atoms with Gasteiger partial charge in [0.1, 0.15) is 16.6 Å². The van der Waals surface area contributed by atoms with Gasteiger partial charge in [0.05, 0.1) is 11.0 Å². The van der Waals surface area contributed by atoms with Crippen LogP contribution in [0.5, 0.6) is 0 Å². The summed E-state index contributed by atoms with van der Waals surface area (Å²) in [6, 6.07) is 43.2. The van der Waals surface area contributed by atoms with Gasteiger partial charge in [-0.05, 0) is 90.8 Å². The highest BCUT2D eigenvalue weighted by molar-refractivity contribution is 6.11. The molecule has 10 rings (SSSR count). The first-order valence-corrected chi connectivity index (χ1v) is 15.4. The predicted molar refractivity (Wildman–Crippen MR) is 185 cm³/mol. The quantitative estimate of drug-likeness (QED) is 0.198. The van der Waals surface area contributed by atoms with Gasteiger partial charge in [-0.25, -0.2) is 9.97 Å². The Morgan fingerprint density at radius 2 is 0.979 bits per heavy atom. The molecule has 222 valence electrons. The molecule has 0 atom stereocenters. The van der Waals surface area contributed by atoms with E-state index in [1.165, 1.54) is 5.56 Å². The van der Waals surface area contributed by atoms with E-state index in [0.29, 0.717) is 17.8 Å². The smallest absolute Gasteiger partial charge is 0.307 e. The van der Waals surface area contributed by atoms with Crippen LogP contribution in [-0.4, -0.2) is 19.5 Å². The number of rotatable bonds is 4. The van der Waals surface area contributed by atoms with E-state index in [2.05, 4.69) is 72.2 Å². The Morgan fingerprint density at radius 1 is 0.447 bits per heavy atom. The van der Waals surface area contributed by atoms with Crippen molar-refractivity contribution in [1.29, 1.82) is 0 Å². The molecule has 0 bridgehead atoms. The molecule has 47 heavy (non-hydrogen) atoms. The lowest BCUT2D eigenvalue weighted by molar-refractivity contribution is 0.574. The first-order chi connectivity index (χ1) is 23.1. The van der Waals surface area contributed by atoms with Crippen molar-refractivity contribution in [3.05, 3.63) is 133 Å². The van der Waals surface area contributed by atoms with Gasteiger partial charge < -0.3 is 13.3 Å². The number of benzene rings is 6. The summed E-state index contributed by atoms with van der Waals surface area (Å²) in [7, 11) is 0. The molecular formula is C40H24N4O3. The molecule has 0 aliphatic carbocycles. The summed E-state index contributed by atoms with van der Waals surface area (Å²) in [6.07, 6.45) is 0. The highest BCUT2D eigenvalue weighted by Crippen LogP contribution is 2.38. The van der Waals surface area contributed by atoms with Crippen LogP contribution in [0.1, 0.15) is 5.56 Å². The molecule has 7 nitrogen and oxygen atoms in total. The molecule has 6 aromatic carbocycles. The number of aryl methyl sites for hydroxylation is 1. The van der Waals surface area contributed by atoms with Crippen LogP contribution < -0.4 is 0 Å². The van der Waals surface area contributed by atoms with Crippen LogP contribution in [-0.2, 0) is 0 Å². The van der Waals surface area contributed by atoms with E-state index in [4.69, 9.17) is 28.2 Å². The van der Waals surface area contributed by atoms with Crippen molar-refractivity contribution in [2.75, 3.05) is 0 Å². The van der Waals surface area contributed by atoms with Crippen LogP contribution >= 0.6 is 0 Å². The Balaban J connectivity index is 1.16. The summed E-state index contributed by atoms with van der Waals surface area (Å²) < 4.78 is 20.9. The predicted octanol–water partition coefficient (Wildman–Crippen LogP) is 10.5. The number of fused-ring (bicyclic) bond motifs is 6. The molecule has 0 N–H and O–H groups in total. The molecule has 0 fully saturated rings. The highest BCUT2D eigenvalue weighted by Gasteiger charge is 2.20. The maximum absolute atomic E-state index is 6.39. The minimum Gasteiger partial charge on any atom is -0.436 e. The lowest BCUT2D eigenvalue weighted by atomic mass is 10.0. The summed E-state index contributed by atoms with van der Waals surface area (Å²) >= 11 is 0. The van der Waals surface area contributed by atoms with Crippen LogP contribution in [0, 0.1) is 6.92 Å². The first-order valence-electron chi connectivity index (χ1n) is 15.4. The second kappa shape index (κ2) is 9.76. The molecule has 4 heterocycles. The van der Waals surface area contributed by atoms with Crippen molar-refractivity contribution in [2.45, 2.75) is 6.92 Å². The van der Waals surface area contributed by atoms with Crippen molar-refractivity contribution < 1.29 is 13.3 Å². The zero-order chi connectivity index (χ0) is 31.1. The average molecular weight is 609 g/mol. The fourth-order valence-corrected chi connectivity index (χ4v) is 6.42. The molecule has 4 aromatic heterocycles. The second-order valence-electron chi connectivity index (χ2n) is 11.8. The van der Waals surface area contributed by atoms with Gasteiger partial charge >= 0.3 is 6.01 Å². The lowest BCUT2D eigenvalue weighted by Crippen LogP contribution is -1.93. The Kier molecular flexibility index (Phi) is 5.36. The summed E-state index contributed by atoms with van der Waals surface area (Å²) in [5, 5.41) is 2.00. The van der Waals surface area contributed by atoms with Crippen molar-refractivity contribution in [3.8, 4) is 40.0 Å². The van der Waals surface area contributed by atoms with Gasteiger partial charge in [-0.3, -0.25) is 4.57 Å². The Bertz CT molecular complexity index is 2750. The van der Waals surface area contributed by atoms with E-state index < -0.39 is 0 Å². The zero-order valence-electron chi connectivity index (χ0n) is 25.1. The molecule has 0 saturated carbocycles. The Morgan fingerprint density at radius 3 is 1.62 bits per heavy atom. The fourth-order valence-electron chi connectivity index (χ4n) is 6.42. The van der Waals surface area contributed by atoms with Gasteiger partial charge in [-0.2, -0.15) is 4.98 Å². The van der Waals surface area contributed by atoms with E-state index in [9.17, 15) is 0 Å². The number of nitrogens with zero attached hydrogens (tertiary/aromatic N) is 4. The minimum atomic E-state index is 0.499. The third kappa shape index (κ3) is 4.10. The SMILES string of the molecule is Cc1ccc(-c2ccc3nc(-c4ccc5c(c4)c4cc(-c6nc7ccccc7o6)ccc4n5-c4nc5ccccc5o4)oc3c2)cc1. The van der Waals surface area contributed by atoms with Gasteiger partial charge in [0, 0.05) is 21.9 Å². The van der Waals surface area contributed by atoms with Crippen LogP contribution in [0.4, 0.5) is 0 Å². The molecule has 0 aliphatic heterocycles. The van der Waals surface area contributed by atoms with E-state index in [1.54, 1.807) is 0 Å². The van der Waals surface area contributed by atoms with E-state index >= 15 is 0 Å². The van der Waals surface area contributed by atoms with Crippen LogP contribution in [0.3, 0.4) is 0 Å². The van der Waals surface area contributed by atoms with Crippen molar-refractivity contribution in [2.24, 2.45) is 0 Å². The molecule has 0 unspecified atom stereocenters. The number of aromatic nitrogens is 4. The molecule has 0 aliphatic rings. The van der Waals surface area contributed by atoms with Gasteiger partial charge in [0.2, 0.25) is 11.8 Å². The second-order valence-corrected chi connectivity index (χ2v) is 11.8. The third-order valence-corrected chi connectivity index (χ3v) is 8.80. The number of para-hydroxylation sites is 4. The topological polar surface area (TPSA) is 83.0 Å². The van der Waals surface area contributed by atoms with Crippen LogP contribution in [0.15, 0.2) is 141 Å². The molecule has 0 radical (unpaired) electrons. The standard InChI is InChI=1S/C40H24N4O3/c1-23-10-12-24(13-11-23)25-14-17-32-37(22-25)46-39(42-32)27-16-19-34-29(21-27)28-20-26(38-41-30-6-2-4-8-35(30)45-38)15-18-33(28)44(34)40-43-31-7-3-5-9-36(31)47-40/h2-22H,1H3. The Hall–Kier alpha value is -6.47. The van der Waals surface area contributed by atoms with Crippen LogP contribution in [0.25, 0.3) is 95.2 Å². The highest BCUT2D eigenvalue weighted by atomic mass is 16.4. The van der Waals surface area contributed by atoms with Crippen molar-refractivity contribution in [1.82, 2.24) is 19.5 Å².